The number of hydrogen-bond acceptors (Lipinski definition) is 26. The number of carbonyl (C=O) groups excluding carboxylic acids is 3. The number of ether oxygens (including phenoxy) is 1. The van der Waals surface area contributed by atoms with E-state index in [1.54, 1.807) is 95.2 Å². The largest absolute Gasteiger partial charge is 0.489 e. The number of para-hydroxylation sites is 2. The van der Waals surface area contributed by atoms with E-state index in [4.69, 9.17) is 27.9 Å². The molecule has 4 aliphatic heterocycles. The SMILES string of the molecule is C[C@H](C(=O)N1CCN(c2ccc(S(=O)(=O)Nc3ccncn3)cc2)CC1)c1ccc(F)cc1.C[C@H]1CN(c2ccc(S(=O)(=O)Nc3ncns3)cc2)CCN1C(=O)CCn1ccc2cccc(Cl)c21.O=C1C(NCc2ccc(Cl)cc2)CCN1c1ccc(S(=O)(=O)Nc2nccs2)cc1.O=S(=O)(Nc1ccncn1)c1ccc(N2CCN(Cc3ccccc3OCc3ccccc3)CC2)cc1.[HH].[HH].[HH].[HH].[HH].[HH]. The van der Waals surface area contributed by atoms with Crippen molar-refractivity contribution in [2.75, 3.05) is 117 Å². The van der Waals surface area contributed by atoms with Gasteiger partial charge in [0, 0.05) is 200 Å². The standard InChI is InChI=1S/C28H29N5O3S.C24H25ClN6O3S2.C23H24FN5O3S.C20H19ClN4O3S2.6H2/c34-37(35,31-28-14-15-29-22-30-28)26-12-10-25(11-13-26)33-18-16-32(17-19-33)20-24-8-4-5-9-27(24)36-21-23-6-2-1-3-7-23;1-17-15-30(19-5-7-20(8-6-19)36(33,34)28-24-26-16-27-35-24)13-14-31(17)22(32)10-12-29-11-9-18-3-2-4-21(25)23(18)29;1-17(18-2-4-19(24)5-3-18)23(30)29-14-12-28(13-15-29)20-6-8-21(9-7-20)33(31,32)27-22-10-11-25-16-26-22;21-15-3-1-14(2-4-15)13-23-18-9-11-25(19(18)26)16-5-7-17(8-6-16)30(27,28)24-20-22-10-12-29-20;;;;;;/h1-15,22H,16-21H2,(H,29,30,31);2-9,11,16-17H,10,12-15H2,1H3,(H,26,27,28);2-11,16-17H,12-15H2,1H3,(H,25,26,27);1-8,10,12,18,23H,9,11,13H2,(H,22,24);6*1H/t;2*17-;;;;;;;/m.00......./s1. The summed E-state index contributed by atoms with van der Waals surface area (Å²) >= 11 is 14.4. The second kappa shape index (κ2) is 45.0. The number of hydrogen-bond donors (Lipinski definition) is 5. The van der Waals surface area contributed by atoms with Gasteiger partial charge in [0.1, 0.15) is 48.8 Å². The number of fused-ring (bicyclic) bond motifs is 1. The molecule has 4 saturated heterocycles. The van der Waals surface area contributed by atoms with Crippen LogP contribution in [0, 0.1) is 5.82 Å². The molecule has 5 N–H and O–H groups in total. The number of nitrogens with zero attached hydrogens (tertiary/aromatic N) is 15. The molecule has 32 nitrogen and oxygen atoms in total. The Bertz CT molecular complexity index is 6860. The Morgan fingerprint density at radius 3 is 1.65 bits per heavy atom. The molecule has 0 radical (unpaired) electrons. The minimum atomic E-state index is -3.75. The maximum absolute atomic E-state index is 13.2. The predicted octanol–water partition coefficient (Wildman–Crippen LogP) is 16.1. The molecule has 9 heterocycles. The lowest BCUT2D eigenvalue weighted by atomic mass is 9.99. The van der Waals surface area contributed by atoms with Crippen molar-refractivity contribution >= 4 is 159 Å². The van der Waals surface area contributed by atoms with E-state index < -0.39 is 40.1 Å². The smallest absolute Gasteiger partial charge is 0.263 e. The van der Waals surface area contributed by atoms with Crippen LogP contribution in [0.5, 0.6) is 5.75 Å². The van der Waals surface area contributed by atoms with Gasteiger partial charge >= 0.3 is 0 Å². The number of halogens is 3. The van der Waals surface area contributed by atoms with Crippen molar-refractivity contribution < 1.29 is 65.7 Å². The zero-order valence-corrected chi connectivity index (χ0v) is 80.2. The van der Waals surface area contributed by atoms with E-state index in [1.165, 1.54) is 90.9 Å². The van der Waals surface area contributed by atoms with Crippen LogP contribution in [0.2, 0.25) is 10.0 Å². The van der Waals surface area contributed by atoms with E-state index in [2.05, 4.69) is 102 Å². The lowest BCUT2D eigenvalue weighted by Gasteiger charge is -2.41. The van der Waals surface area contributed by atoms with E-state index in [0.29, 0.717) is 106 Å². The molecule has 14 aromatic rings. The highest BCUT2D eigenvalue weighted by Crippen LogP contribution is 2.33. The van der Waals surface area contributed by atoms with Gasteiger partial charge in [0.25, 0.3) is 40.1 Å². The van der Waals surface area contributed by atoms with Crippen molar-refractivity contribution in [2.45, 2.75) is 90.5 Å². The van der Waals surface area contributed by atoms with E-state index in [9.17, 15) is 52.4 Å². The fraction of sp³-hybridized carbons (Fsp3) is 0.242. The zero-order chi connectivity index (χ0) is 95.4. The van der Waals surface area contributed by atoms with Gasteiger partial charge < -0.3 is 44.0 Å². The molecule has 3 amide bonds. The van der Waals surface area contributed by atoms with Crippen LogP contribution in [0.15, 0.2) is 305 Å². The molecule has 5 aromatic heterocycles. The first-order valence-corrected chi connectivity index (χ1v) is 51.8. The van der Waals surface area contributed by atoms with Gasteiger partial charge in [0.05, 0.1) is 42.1 Å². The summed E-state index contributed by atoms with van der Waals surface area (Å²) in [5.74, 6) is 0.784. The van der Waals surface area contributed by atoms with Crippen molar-refractivity contribution in [3.63, 3.8) is 0 Å². The van der Waals surface area contributed by atoms with Crippen molar-refractivity contribution in [2.24, 2.45) is 0 Å². The molecule has 0 aliphatic carbocycles. The first kappa shape index (κ1) is 97.5. The summed E-state index contributed by atoms with van der Waals surface area (Å²) in [6, 6.07) is 69.0. The molecule has 18 rings (SSSR count). The molecule has 3 atom stereocenters. The van der Waals surface area contributed by atoms with Crippen LogP contribution in [0.4, 0.5) is 49.0 Å². The van der Waals surface area contributed by atoms with E-state index in [1.807, 2.05) is 125 Å². The van der Waals surface area contributed by atoms with Gasteiger partial charge in [-0.1, -0.05) is 108 Å². The summed E-state index contributed by atoms with van der Waals surface area (Å²) < 4.78 is 135. The quantitative estimate of drug-likeness (QED) is 0.0291. The lowest BCUT2D eigenvalue weighted by molar-refractivity contribution is -0.134. The van der Waals surface area contributed by atoms with Gasteiger partial charge in [-0.2, -0.15) is 4.37 Å². The highest BCUT2D eigenvalue weighted by molar-refractivity contribution is 7.93. The van der Waals surface area contributed by atoms with E-state index in [-0.39, 0.29) is 86.4 Å². The highest BCUT2D eigenvalue weighted by atomic mass is 35.5. The Kier molecular flexibility index (Phi) is 32.3. The van der Waals surface area contributed by atoms with Gasteiger partial charge in [-0.25, -0.2) is 68.0 Å². The van der Waals surface area contributed by atoms with Crippen molar-refractivity contribution in [3.8, 4) is 5.75 Å². The molecule has 0 saturated carbocycles. The molecule has 4 aliphatic rings. The average Bonchev–Trinajstić information content (AvgIpc) is 1.64. The number of amides is 3. The van der Waals surface area contributed by atoms with Gasteiger partial charge in [-0.15, -0.1) is 11.3 Å². The summed E-state index contributed by atoms with van der Waals surface area (Å²) in [4.78, 5) is 76.8. The summed E-state index contributed by atoms with van der Waals surface area (Å²) in [7, 11) is -14.9. The van der Waals surface area contributed by atoms with Crippen LogP contribution in [-0.2, 0) is 80.7 Å². The lowest BCUT2D eigenvalue weighted by Crippen LogP contribution is -2.54. The number of aromatic nitrogens is 8. The Balaban J connectivity index is 0.000000209. The normalized spacial score (nSPS) is 15.6. The van der Waals surface area contributed by atoms with Gasteiger partial charge in [-0.3, -0.25) is 38.2 Å². The Hall–Kier alpha value is -13.1. The second-order valence-electron chi connectivity index (χ2n) is 32.1. The second-order valence-corrected chi connectivity index (χ2v) is 41.3. The molecule has 41 heteroatoms. The van der Waals surface area contributed by atoms with Crippen molar-refractivity contribution in [1.82, 2.24) is 58.9 Å². The third-order valence-electron chi connectivity index (χ3n) is 23.1. The Morgan fingerprint density at radius 2 is 1.09 bits per heavy atom. The molecular weight excluding hydrogens is 1900 g/mol. The number of rotatable bonds is 29. The predicted molar refractivity (Wildman–Crippen MR) is 540 cm³/mol. The summed E-state index contributed by atoms with van der Waals surface area (Å²) in [5.41, 5.74) is 8.59. The third-order valence-corrected chi connectivity index (χ3v) is 30.6. The number of anilines is 8. The highest BCUT2D eigenvalue weighted by Gasteiger charge is 2.34. The fourth-order valence-electron chi connectivity index (χ4n) is 15.8. The minimum absolute atomic E-state index is 0. The number of sulfonamides is 4. The topological polar surface area (TPSA) is 375 Å². The molecular formula is C95H109Cl2FN20O12S6. The first-order valence-electron chi connectivity index (χ1n) is 43.4. The number of benzene rings is 9. The summed E-state index contributed by atoms with van der Waals surface area (Å²) in [6.07, 6.45) is 11.4. The van der Waals surface area contributed by atoms with Gasteiger partial charge in [-0.05, 0) is 189 Å². The Morgan fingerprint density at radius 1 is 0.537 bits per heavy atom. The maximum atomic E-state index is 13.2. The first-order chi connectivity index (χ1) is 65.6. The van der Waals surface area contributed by atoms with E-state index >= 15 is 0 Å². The number of thiazole rings is 1. The van der Waals surface area contributed by atoms with Crippen LogP contribution in [0.1, 0.15) is 63.4 Å². The monoisotopic (exact) mass is 2000 g/mol. The molecule has 1 unspecified atom stereocenters. The molecule has 9 aromatic carbocycles. The van der Waals surface area contributed by atoms with Crippen LogP contribution in [0.3, 0.4) is 0 Å². The minimum Gasteiger partial charge on any atom is -0.489 e. The number of carbonyl (C=O) groups is 3. The number of aryl methyl sites for hydroxylation is 1. The van der Waals surface area contributed by atoms with Gasteiger partial charge in [0.2, 0.25) is 22.9 Å². The van der Waals surface area contributed by atoms with Crippen LogP contribution in [-0.4, -0.2) is 196 Å². The van der Waals surface area contributed by atoms with E-state index in [0.717, 1.165) is 94.7 Å². The zero-order valence-electron chi connectivity index (χ0n) is 73.8. The molecule has 0 bridgehead atoms. The average molecular weight is 2010 g/mol. The van der Waals surface area contributed by atoms with Crippen LogP contribution >= 0.6 is 46.1 Å². The fourth-order valence-corrected chi connectivity index (χ4v) is 21.7. The summed E-state index contributed by atoms with van der Waals surface area (Å²) in [5, 5.41) is 7.92. The molecule has 136 heavy (non-hydrogen) atoms. The maximum Gasteiger partial charge on any atom is 0.263 e. The molecule has 718 valence electrons. The van der Waals surface area contributed by atoms with Crippen LogP contribution < -0.4 is 48.5 Å². The molecule has 4 fully saturated rings. The number of nitrogens with one attached hydrogen (secondary N) is 5. The third kappa shape index (κ3) is 25.7. The van der Waals surface area contributed by atoms with Gasteiger partial charge in [0.15, 0.2) is 5.13 Å². The molecule has 0 spiro atoms. The van der Waals surface area contributed by atoms with Crippen molar-refractivity contribution in [3.05, 3.63) is 324 Å². The Labute approximate surface area is 815 Å². The number of piperazine rings is 3. The van der Waals surface area contributed by atoms with Crippen LogP contribution in [0.25, 0.3) is 10.9 Å². The summed E-state index contributed by atoms with van der Waals surface area (Å²) in [6.45, 7) is 14.8. The van der Waals surface area contributed by atoms with Crippen molar-refractivity contribution in [1.29, 1.82) is 0 Å².